The third kappa shape index (κ3) is 3.60. The lowest BCUT2D eigenvalue weighted by Crippen LogP contribution is -2.32. The fourth-order valence-corrected chi connectivity index (χ4v) is 1.01. The van der Waals surface area contributed by atoms with Crippen LogP contribution in [0.3, 0.4) is 0 Å². The number of nitrogens with zero attached hydrogens (tertiary/aromatic N) is 2. The molecule has 0 aliphatic carbocycles. The minimum Gasteiger partial charge on any atom is -0.451 e. The van der Waals surface area contributed by atoms with Gasteiger partial charge in [-0.15, -0.1) is 0 Å². The molecule has 90 valence electrons. The maximum Gasteiger partial charge on any atom is 0.440 e. The number of carbonyl (C=O) groups is 2. The number of carbonyl (C=O) groups excluding carboxylic acids is 2. The molecule has 0 spiro atoms. The molecule has 1 aromatic carbocycles. The molecule has 2 amide bonds. The average Bonchev–Trinajstić information content (AvgIpc) is 2.39. The van der Waals surface area contributed by atoms with E-state index in [1.807, 2.05) is 18.2 Å². The highest BCUT2D eigenvalue weighted by atomic mass is 16.6. The van der Waals surface area contributed by atoms with E-state index in [-0.39, 0.29) is 0 Å². The highest BCUT2D eigenvalue weighted by molar-refractivity contribution is 5.89. The molecule has 0 fully saturated rings. The quantitative estimate of drug-likeness (QED) is 0.580. The molecular formula is C11H12N2O4. The Balaban J connectivity index is 2.83. The second-order valence-electron chi connectivity index (χ2n) is 2.91. The fourth-order valence-electron chi connectivity index (χ4n) is 1.01. The molecule has 0 bridgehead atoms. The van der Waals surface area contributed by atoms with Crippen LogP contribution in [-0.2, 0) is 9.47 Å². The van der Waals surface area contributed by atoms with Crippen molar-refractivity contribution in [2.24, 2.45) is 5.10 Å². The summed E-state index contributed by atoms with van der Waals surface area (Å²) in [6, 6.07) is 9.01. The van der Waals surface area contributed by atoms with Gasteiger partial charge in [0.2, 0.25) is 0 Å². The number of rotatable bonds is 2. The first-order valence-electron chi connectivity index (χ1n) is 4.74. The first-order chi connectivity index (χ1) is 8.19. The molecule has 17 heavy (non-hydrogen) atoms. The SMILES string of the molecule is COC(=O)N(N=Cc1ccccc1)C(=O)OC. The number of hydrogen-bond donors (Lipinski definition) is 0. The van der Waals surface area contributed by atoms with Crippen LogP contribution in [0.15, 0.2) is 35.4 Å². The van der Waals surface area contributed by atoms with Crippen molar-refractivity contribution in [3.05, 3.63) is 35.9 Å². The number of imide groups is 1. The minimum absolute atomic E-state index is 0.493. The first-order valence-corrected chi connectivity index (χ1v) is 4.74. The van der Waals surface area contributed by atoms with Crippen LogP contribution < -0.4 is 0 Å². The van der Waals surface area contributed by atoms with Crippen molar-refractivity contribution < 1.29 is 19.1 Å². The number of methoxy groups -OCH3 is 2. The largest absolute Gasteiger partial charge is 0.451 e. The Labute approximate surface area is 98.4 Å². The molecule has 0 radical (unpaired) electrons. The average molecular weight is 236 g/mol. The van der Waals surface area contributed by atoms with Crippen LogP contribution >= 0.6 is 0 Å². The van der Waals surface area contributed by atoms with Gasteiger partial charge in [-0.2, -0.15) is 5.10 Å². The van der Waals surface area contributed by atoms with Crippen LogP contribution in [0.4, 0.5) is 9.59 Å². The predicted molar refractivity (Wildman–Crippen MR) is 60.7 cm³/mol. The van der Waals surface area contributed by atoms with Crippen molar-refractivity contribution in [3.8, 4) is 0 Å². The Kier molecular flexibility index (Phi) is 4.68. The van der Waals surface area contributed by atoms with E-state index >= 15 is 0 Å². The Morgan fingerprint density at radius 3 is 2.12 bits per heavy atom. The van der Waals surface area contributed by atoms with E-state index in [0.29, 0.717) is 5.01 Å². The van der Waals surface area contributed by atoms with Crippen molar-refractivity contribution in [1.82, 2.24) is 5.01 Å². The van der Waals surface area contributed by atoms with Crippen LogP contribution in [0.5, 0.6) is 0 Å². The van der Waals surface area contributed by atoms with Crippen LogP contribution in [0.1, 0.15) is 5.56 Å². The summed E-state index contributed by atoms with van der Waals surface area (Å²) in [5, 5.41) is 4.19. The van der Waals surface area contributed by atoms with E-state index in [0.717, 1.165) is 19.8 Å². The van der Waals surface area contributed by atoms with Gasteiger partial charge in [0.15, 0.2) is 0 Å². The topological polar surface area (TPSA) is 68.2 Å². The van der Waals surface area contributed by atoms with E-state index in [9.17, 15) is 9.59 Å². The van der Waals surface area contributed by atoms with Gasteiger partial charge >= 0.3 is 12.2 Å². The number of hydrazone groups is 1. The molecule has 0 heterocycles. The second kappa shape index (κ2) is 6.26. The van der Waals surface area contributed by atoms with Gasteiger partial charge in [-0.05, 0) is 5.56 Å². The Morgan fingerprint density at radius 2 is 1.65 bits per heavy atom. The lowest BCUT2D eigenvalue weighted by molar-refractivity contribution is 0.1000. The first kappa shape index (κ1) is 12.7. The minimum atomic E-state index is -0.913. The smallest absolute Gasteiger partial charge is 0.440 e. The maximum absolute atomic E-state index is 11.2. The lowest BCUT2D eigenvalue weighted by Gasteiger charge is -2.11. The highest BCUT2D eigenvalue weighted by Crippen LogP contribution is 2.00. The van der Waals surface area contributed by atoms with Crippen LogP contribution in [0, 0.1) is 0 Å². The van der Waals surface area contributed by atoms with Crippen molar-refractivity contribution in [3.63, 3.8) is 0 Å². The summed E-state index contributed by atoms with van der Waals surface area (Å²) >= 11 is 0. The molecule has 0 saturated carbocycles. The summed E-state index contributed by atoms with van der Waals surface area (Å²) in [6.07, 6.45) is -0.471. The second-order valence-corrected chi connectivity index (χ2v) is 2.91. The van der Waals surface area contributed by atoms with E-state index in [4.69, 9.17) is 0 Å². The van der Waals surface area contributed by atoms with Crippen molar-refractivity contribution in [1.29, 1.82) is 0 Å². The van der Waals surface area contributed by atoms with Gasteiger partial charge in [0.1, 0.15) is 0 Å². The van der Waals surface area contributed by atoms with Crippen LogP contribution in [0.2, 0.25) is 0 Å². The molecule has 0 saturated heterocycles. The number of amides is 2. The lowest BCUT2D eigenvalue weighted by atomic mass is 10.2. The van der Waals surface area contributed by atoms with Crippen LogP contribution in [-0.4, -0.2) is 37.6 Å². The summed E-state index contributed by atoms with van der Waals surface area (Å²) in [6.45, 7) is 0. The molecule has 0 aromatic heterocycles. The Bertz CT molecular complexity index is 401. The van der Waals surface area contributed by atoms with Crippen molar-refractivity contribution in [2.75, 3.05) is 14.2 Å². The van der Waals surface area contributed by atoms with Crippen molar-refractivity contribution >= 4 is 18.4 Å². The molecule has 6 heteroatoms. The zero-order valence-corrected chi connectivity index (χ0v) is 9.49. The van der Waals surface area contributed by atoms with Gasteiger partial charge in [-0.3, -0.25) is 0 Å². The maximum atomic E-state index is 11.2. The summed E-state index contributed by atoms with van der Waals surface area (Å²) < 4.78 is 8.79. The van der Waals surface area contributed by atoms with E-state index in [1.165, 1.54) is 6.21 Å². The van der Waals surface area contributed by atoms with Gasteiger partial charge in [0.05, 0.1) is 20.4 Å². The fraction of sp³-hybridized carbons (Fsp3) is 0.182. The zero-order valence-electron chi connectivity index (χ0n) is 9.49. The molecule has 1 rings (SSSR count). The highest BCUT2D eigenvalue weighted by Gasteiger charge is 2.21. The summed E-state index contributed by atoms with van der Waals surface area (Å²) in [7, 11) is 2.30. The Hall–Kier alpha value is -2.37. The van der Waals surface area contributed by atoms with Gasteiger partial charge in [0.25, 0.3) is 0 Å². The van der Waals surface area contributed by atoms with Gasteiger partial charge in [-0.1, -0.05) is 35.3 Å². The monoisotopic (exact) mass is 236 g/mol. The molecule has 6 nitrogen and oxygen atoms in total. The predicted octanol–water partition coefficient (Wildman–Crippen LogP) is 1.86. The molecule has 0 aliphatic heterocycles. The van der Waals surface area contributed by atoms with Crippen molar-refractivity contribution in [2.45, 2.75) is 0 Å². The van der Waals surface area contributed by atoms with Gasteiger partial charge < -0.3 is 9.47 Å². The van der Waals surface area contributed by atoms with Crippen LogP contribution in [0.25, 0.3) is 0 Å². The third-order valence-corrected chi connectivity index (χ3v) is 1.82. The zero-order chi connectivity index (χ0) is 12.7. The molecule has 0 unspecified atom stereocenters. The van der Waals surface area contributed by atoms with E-state index in [2.05, 4.69) is 14.6 Å². The molecule has 1 aromatic rings. The van der Waals surface area contributed by atoms with E-state index < -0.39 is 12.2 Å². The summed E-state index contributed by atoms with van der Waals surface area (Å²) in [5.41, 5.74) is 0.741. The van der Waals surface area contributed by atoms with Gasteiger partial charge in [0, 0.05) is 0 Å². The standard InChI is InChI=1S/C11H12N2O4/c1-16-10(14)13(11(15)17-2)12-8-9-6-4-3-5-7-9/h3-8H,1-2H3. The molecule has 0 aliphatic rings. The number of ether oxygens (including phenoxy) is 2. The van der Waals surface area contributed by atoms with Gasteiger partial charge in [-0.25, -0.2) is 9.59 Å². The third-order valence-electron chi connectivity index (χ3n) is 1.82. The molecule has 0 N–H and O–H groups in total. The summed E-state index contributed by atoms with van der Waals surface area (Å²) in [5.74, 6) is 0. The summed E-state index contributed by atoms with van der Waals surface area (Å²) in [4.78, 5) is 22.4. The molecular weight excluding hydrogens is 224 g/mol. The van der Waals surface area contributed by atoms with E-state index in [1.54, 1.807) is 12.1 Å². The molecule has 0 atom stereocenters. The normalized spacial score (nSPS) is 10.0. The number of hydrogen-bond acceptors (Lipinski definition) is 5. The Morgan fingerprint density at radius 1 is 1.12 bits per heavy atom. The number of benzene rings is 1.